The van der Waals surface area contributed by atoms with Gasteiger partial charge in [0.25, 0.3) is 0 Å². The van der Waals surface area contributed by atoms with Crippen LogP contribution in [0.1, 0.15) is 31.2 Å². The van der Waals surface area contributed by atoms with E-state index in [9.17, 15) is 4.21 Å². The highest BCUT2D eigenvalue weighted by Crippen LogP contribution is 2.26. The van der Waals surface area contributed by atoms with Gasteiger partial charge in [0.15, 0.2) is 0 Å². The van der Waals surface area contributed by atoms with E-state index in [1.54, 1.807) is 0 Å². The average Bonchev–Trinajstić information content (AvgIpc) is 2.67. The number of hydrogen-bond donors (Lipinski definition) is 0. The molecule has 2 rings (SSSR count). The van der Waals surface area contributed by atoms with E-state index in [2.05, 4.69) is 26.3 Å². The largest absolute Gasteiger partial charge is 0.237 e. The number of benzene rings is 1. The Bertz CT molecular complexity index is 397. The third kappa shape index (κ3) is 3.39. The Morgan fingerprint density at radius 2 is 1.94 bits per heavy atom. The Kier molecular flexibility index (Phi) is 5.19. The minimum absolute atomic E-state index is 0.848. The molecule has 0 radical (unpaired) electrons. The van der Waals surface area contributed by atoms with Crippen molar-refractivity contribution in [1.29, 1.82) is 0 Å². The minimum atomic E-state index is -0.919. The fourth-order valence-corrected chi connectivity index (χ4v) is 3.87. The van der Waals surface area contributed by atoms with Crippen molar-refractivity contribution in [2.75, 3.05) is 11.9 Å². The molecule has 4 heteroatoms. The van der Waals surface area contributed by atoms with Gasteiger partial charge in [0, 0.05) is 18.4 Å². The third-order valence-corrected chi connectivity index (χ3v) is 5.15. The predicted molar refractivity (Wildman–Crippen MR) is 75.5 cm³/mol. The van der Waals surface area contributed by atoms with Gasteiger partial charge >= 0.3 is 0 Å². The van der Waals surface area contributed by atoms with Gasteiger partial charge in [-0.2, -0.15) is 0 Å². The molecule has 0 aromatic heterocycles. The van der Waals surface area contributed by atoms with Crippen molar-refractivity contribution in [1.82, 2.24) is 4.31 Å². The summed E-state index contributed by atoms with van der Waals surface area (Å²) in [7, 11) is -0.919. The van der Waals surface area contributed by atoms with Crippen molar-refractivity contribution in [2.24, 2.45) is 0 Å². The molecule has 0 spiro atoms. The Hall–Kier alpha value is -0.190. The van der Waals surface area contributed by atoms with Gasteiger partial charge in [-0.25, -0.2) is 8.51 Å². The molecule has 1 aromatic carbocycles. The van der Waals surface area contributed by atoms with E-state index in [1.165, 1.54) is 24.8 Å². The van der Waals surface area contributed by atoms with Crippen LogP contribution in [0.5, 0.6) is 0 Å². The van der Waals surface area contributed by atoms with E-state index in [1.807, 2.05) is 18.2 Å². The van der Waals surface area contributed by atoms with Crippen molar-refractivity contribution < 1.29 is 4.21 Å². The third-order valence-electron chi connectivity index (χ3n) is 3.03. The number of fused-ring (bicyclic) bond motifs is 1. The first-order chi connectivity index (χ1) is 8.33. The summed E-state index contributed by atoms with van der Waals surface area (Å²) in [5, 5.41) is 1.09. The highest BCUT2D eigenvalue weighted by molar-refractivity contribution is 9.09. The number of nitrogens with zero attached hydrogens (tertiary/aromatic N) is 1. The normalized spacial score (nSPS) is 19.5. The van der Waals surface area contributed by atoms with Crippen LogP contribution in [-0.2, 0) is 17.5 Å². The summed E-state index contributed by atoms with van der Waals surface area (Å²) in [6.07, 6.45) is 4.88. The first-order valence-electron chi connectivity index (χ1n) is 6.13. The van der Waals surface area contributed by atoms with Gasteiger partial charge in [-0.3, -0.25) is 0 Å². The molecule has 0 N–H and O–H groups in total. The van der Waals surface area contributed by atoms with Crippen LogP contribution in [0.25, 0.3) is 0 Å². The van der Waals surface area contributed by atoms with Crippen molar-refractivity contribution in [3.8, 4) is 0 Å². The van der Waals surface area contributed by atoms with Crippen LogP contribution < -0.4 is 0 Å². The molecule has 17 heavy (non-hydrogen) atoms. The number of alkyl halides is 1. The maximum absolute atomic E-state index is 12.1. The topological polar surface area (TPSA) is 20.3 Å². The van der Waals surface area contributed by atoms with Crippen LogP contribution in [0.3, 0.4) is 0 Å². The summed E-state index contributed by atoms with van der Waals surface area (Å²) in [6, 6.07) is 8.06. The summed E-state index contributed by atoms with van der Waals surface area (Å²) in [6.45, 7) is 1.80. The molecule has 0 saturated carbocycles. The number of rotatable bonds is 6. The summed E-state index contributed by atoms with van der Waals surface area (Å²) in [5.41, 5.74) is 1.23. The second-order valence-corrected chi connectivity index (χ2v) is 6.57. The molecule has 0 bridgehead atoms. The molecule has 0 aliphatic carbocycles. The summed E-state index contributed by atoms with van der Waals surface area (Å²) < 4.78 is 14.2. The van der Waals surface area contributed by atoms with Crippen molar-refractivity contribution >= 4 is 26.9 Å². The van der Waals surface area contributed by atoms with E-state index in [-0.39, 0.29) is 0 Å². The fraction of sp³-hybridized carbons (Fsp3) is 0.538. The van der Waals surface area contributed by atoms with E-state index >= 15 is 0 Å². The van der Waals surface area contributed by atoms with E-state index in [0.717, 1.165) is 29.7 Å². The van der Waals surface area contributed by atoms with Gasteiger partial charge in [0.2, 0.25) is 0 Å². The summed E-state index contributed by atoms with van der Waals surface area (Å²) in [4.78, 5) is 1.01. The standard InChI is InChI=1S/C13H18BrNOS/c14-9-5-1-2-6-10-15-11-12-7-3-4-8-13(12)17(15)16/h3-4,7-8H,1-2,5-6,9-11H2. The highest BCUT2D eigenvalue weighted by Gasteiger charge is 2.25. The molecule has 0 saturated heterocycles. The lowest BCUT2D eigenvalue weighted by Gasteiger charge is -2.12. The molecule has 1 aliphatic heterocycles. The Balaban J connectivity index is 1.80. The molecule has 1 unspecified atom stereocenters. The lowest BCUT2D eigenvalue weighted by atomic mass is 10.2. The zero-order valence-corrected chi connectivity index (χ0v) is 12.3. The Morgan fingerprint density at radius 3 is 2.71 bits per heavy atom. The van der Waals surface area contributed by atoms with Crippen LogP contribution in [0.4, 0.5) is 0 Å². The average molecular weight is 316 g/mol. The van der Waals surface area contributed by atoms with Crippen LogP contribution in [0.15, 0.2) is 29.2 Å². The number of unbranched alkanes of at least 4 members (excludes halogenated alkanes) is 3. The molecule has 1 aromatic rings. The highest BCUT2D eigenvalue weighted by atomic mass is 79.9. The molecule has 94 valence electrons. The van der Waals surface area contributed by atoms with Crippen LogP contribution in [0, 0.1) is 0 Å². The van der Waals surface area contributed by atoms with Gasteiger partial charge in [-0.05, 0) is 24.5 Å². The monoisotopic (exact) mass is 315 g/mol. The zero-order chi connectivity index (χ0) is 12.1. The van der Waals surface area contributed by atoms with Gasteiger partial charge < -0.3 is 0 Å². The van der Waals surface area contributed by atoms with Gasteiger partial charge in [-0.1, -0.05) is 47.0 Å². The molecule has 0 fully saturated rings. The lowest BCUT2D eigenvalue weighted by Crippen LogP contribution is -2.20. The van der Waals surface area contributed by atoms with Crippen molar-refractivity contribution in [2.45, 2.75) is 37.1 Å². The van der Waals surface area contributed by atoms with Gasteiger partial charge in [0.05, 0.1) is 4.90 Å². The predicted octanol–water partition coefficient (Wildman–Crippen LogP) is 3.48. The lowest BCUT2D eigenvalue weighted by molar-refractivity contribution is 0.435. The van der Waals surface area contributed by atoms with Crippen molar-refractivity contribution in [3.63, 3.8) is 0 Å². The van der Waals surface area contributed by atoms with Crippen LogP contribution in [0.2, 0.25) is 0 Å². The summed E-state index contributed by atoms with van der Waals surface area (Å²) >= 11 is 3.44. The number of halogens is 1. The molecule has 1 aliphatic rings. The van der Waals surface area contributed by atoms with E-state index in [4.69, 9.17) is 0 Å². The molecular formula is C13H18BrNOS. The maximum atomic E-state index is 12.1. The molecular weight excluding hydrogens is 298 g/mol. The van der Waals surface area contributed by atoms with Crippen LogP contribution >= 0.6 is 15.9 Å². The molecule has 1 atom stereocenters. The zero-order valence-electron chi connectivity index (χ0n) is 9.90. The first-order valence-corrected chi connectivity index (χ1v) is 8.36. The maximum Gasteiger partial charge on any atom is 0.128 e. The summed E-state index contributed by atoms with van der Waals surface area (Å²) in [5.74, 6) is 0. The molecule has 0 amide bonds. The van der Waals surface area contributed by atoms with Gasteiger partial charge in [-0.15, -0.1) is 0 Å². The second-order valence-electron chi connectivity index (χ2n) is 4.32. The van der Waals surface area contributed by atoms with Gasteiger partial charge in [0.1, 0.15) is 11.0 Å². The van der Waals surface area contributed by atoms with Crippen LogP contribution in [-0.4, -0.2) is 20.4 Å². The molecule has 2 nitrogen and oxygen atoms in total. The smallest absolute Gasteiger partial charge is 0.128 e. The number of hydrogen-bond acceptors (Lipinski definition) is 1. The van der Waals surface area contributed by atoms with Crippen molar-refractivity contribution in [3.05, 3.63) is 29.8 Å². The van der Waals surface area contributed by atoms with E-state index in [0.29, 0.717) is 0 Å². The quantitative estimate of drug-likeness (QED) is 0.581. The fourth-order valence-electron chi connectivity index (χ4n) is 2.09. The Labute approximate surface area is 114 Å². The SMILES string of the molecule is O=S1c2ccccc2CN1CCCCCCBr. The Morgan fingerprint density at radius 1 is 1.18 bits per heavy atom. The minimum Gasteiger partial charge on any atom is -0.237 e. The van der Waals surface area contributed by atoms with E-state index < -0.39 is 11.0 Å². The second kappa shape index (κ2) is 6.66. The first kappa shape index (κ1) is 13.2. The molecule has 1 heterocycles.